The quantitative estimate of drug-likeness (QED) is 0.887. The van der Waals surface area contributed by atoms with Gasteiger partial charge in [0.1, 0.15) is 17.3 Å². The molecule has 1 N–H and O–H groups in total. The molecule has 0 aliphatic rings. The van der Waals surface area contributed by atoms with Gasteiger partial charge in [0.15, 0.2) is 5.82 Å². The zero-order chi connectivity index (χ0) is 12.3. The summed E-state index contributed by atoms with van der Waals surface area (Å²) in [6.07, 6.45) is 1.03. The van der Waals surface area contributed by atoms with Crippen molar-refractivity contribution in [1.82, 2.24) is 9.97 Å². The number of fused-ring (bicyclic) bond motifs is 1. The number of aromatic nitrogens is 2. The Hall–Kier alpha value is -1.20. The number of rotatable bonds is 5. The van der Waals surface area contributed by atoms with Gasteiger partial charge in [-0.25, -0.2) is 9.97 Å². The molecular weight excluding hydrogens is 234 g/mol. The maximum absolute atomic E-state index is 5.35. The second-order valence-corrected chi connectivity index (χ2v) is 4.78. The Morgan fingerprint density at radius 3 is 2.82 bits per heavy atom. The van der Waals surface area contributed by atoms with Crippen LogP contribution in [0.2, 0.25) is 0 Å². The summed E-state index contributed by atoms with van der Waals surface area (Å²) in [6.45, 7) is 5.28. The molecule has 0 aliphatic heterocycles. The molecule has 0 aliphatic carbocycles. The maximum atomic E-state index is 5.35. The number of hydrogen-bond acceptors (Lipinski definition) is 5. The van der Waals surface area contributed by atoms with Gasteiger partial charge in [-0.15, -0.1) is 11.3 Å². The normalized spacial score (nSPS) is 11.0. The highest BCUT2D eigenvalue weighted by molar-refractivity contribution is 7.18. The van der Waals surface area contributed by atoms with Gasteiger partial charge in [-0.1, -0.05) is 6.92 Å². The third-order valence-electron chi connectivity index (χ3n) is 2.51. The molecule has 2 aromatic rings. The van der Waals surface area contributed by atoms with Crippen LogP contribution in [0.15, 0.2) is 6.07 Å². The smallest absolute Gasteiger partial charge is 0.158 e. The van der Waals surface area contributed by atoms with E-state index in [2.05, 4.69) is 28.3 Å². The van der Waals surface area contributed by atoms with Crippen LogP contribution in [-0.2, 0) is 17.8 Å². The molecular formula is C12H17N3OS. The Balaban J connectivity index is 2.44. The monoisotopic (exact) mass is 251 g/mol. The summed E-state index contributed by atoms with van der Waals surface area (Å²) in [6, 6.07) is 2.16. The predicted molar refractivity (Wildman–Crippen MR) is 71.7 cm³/mol. The Morgan fingerprint density at radius 2 is 2.18 bits per heavy atom. The lowest BCUT2D eigenvalue weighted by atomic mass is 10.3. The average molecular weight is 251 g/mol. The van der Waals surface area contributed by atoms with E-state index in [0.29, 0.717) is 13.2 Å². The summed E-state index contributed by atoms with van der Waals surface area (Å²) in [4.78, 5) is 11.4. The summed E-state index contributed by atoms with van der Waals surface area (Å²) in [7, 11) is 1.88. The molecule has 0 saturated heterocycles. The fourth-order valence-corrected chi connectivity index (χ4v) is 2.62. The van der Waals surface area contributed by atoms with Crippen LogP contribution >= 0.6 is 11.3 Å². The van der Waals surface area contributed by atoms with Crippen LogP contribution in [0.1, 0.15) is 24.5 Å². The first kappa shape index (κ1) is 12.3. The van der Waals surface area contributed by atoms with E-state index in [4.69, 9.17) is 4.74 Å². The second-order valence-electron chi connectivity index (χ2n) is 3.66. The van der Waals surface area contributed by atoms with Crippen LogP contribution in [0, 0.1) is 0 Å². The van der Waals surface area contributed by atoms with E-state index in [-0.39, 0.29) is 0 Å². The number of hydrogen-bond donors (Lipinski definition) is 1. The number of aryl methyl sites for hydroxylation is 1. The largest absolute Gasteiger partial charge is 0.374 e. The molecule has 0 amide bonds. The van der Waals surface area contributed by atoms with Crippen LogP contribution in [0.25, 0.3) is 10.2 Å². The van der Waals surface area contributed by atoms with Crippen molar-refractivity contribution < 1.29 is 4.74 Å². The SMILES string of the molecule is CCOCc1nc(NC)c2cc(CC)sc2n1. The zero-order valence-corrected chi connectivity index (χ0v) is 11.2. The minimum Gasteiger partial charge on any atom is -0.374 e. The maximum Gasteiger partial charge on any atom is 0.158 e. The second kappa shape index (κ2) is 5.42. The summed E-state index contributed by atoms with van der Waals surface area (Å²) < 4.78 is 5.35. The number of nitrogens with one attached hydrogen (secondary N) is 1. The third-order valence-corrected chi connectivity index (χ3v) is 3.68. The van der Waals surface area contributed by atoms with E-state index in [1.165, 1.54) is 4.88 Å². The van der Waals surface area contributed by atoms with Gasteiger partial charge in [-0.05, 0) is 19.4 Å². The Kier molecular flexibility index (Phi) is 3.91. The molecule has 92 valence electrons. The Morgan fingerprint density at radius 1 is 1.35 bits per heavy atom. The first-order valence-corrected chi connectivity index (χ1v) is 6.65. The topological polar surface area (TPSA) is 47.0 Å². The van der Waals surface area contributed by atoms with Crippen molar-refractivity contribution in [1.29, 1.82) is 0 Å². The minimum atomic E-state index is 0.473. The Bertz CT molecular complexity index is 510. The van der Waals surface area contributed by atoms with E-state index in [1.807, 2.05) is 14.0 Å². The average Bonchev–Trinajstić information content (AvgIpc) is 2.78. The van der Waals surface area contributed by atoms with Crippen molar-refractivity contribution >= 4 is 27.4 Å². The van der Waals surface area contributed by atoms with Crippen molar-refractivity contribution in [2.45, 2.75) is 26.9 Å². The summed E-state index contributed by atoms with van der Waals surface area (Å²) in [5.41, 5.74) is 0. The lowest BCUT2D eigenvalue weighted by molar-refractivity contribution is 0.128. The van der Waals surface area contributed by atoms with Gasteiger partial charge in [0.05, 0.1) is 5.39 Å². The van der Waals surface area contributed by atoms with Gasteiger partial charge in [-0.2, -0.15) is 0 Å². The van der Waals surface area contributed by atoms with Gasteiger partial charge < -0.3 is 10.1 Å². The molecule has 2 rings (SSSR count). The molecule has 0 bridgehead atoms. The van der Waals surface area contributed by atoms with Crippen molar-refractivity contribution in [3.8, 4) is 0 Å². The van der Waals surface area contributed by atoms with Gasteiger partial charge >= 0.3 is 0 Å². The highest BCUT2D eigenvalue weighted by Gasteiger charge is 2.10. The molecule has 2 heterocycles. The van der Waals surface area contributed by atoms with Crippen LogP contribution in [0.4, 0.5) is 5.82 Å². The third kappa shape index (κ3) is 2.56. The summed E-state index contributed by atoms with van der Waals surface area (Å²) in [5.74, 6) is 1.63. The zero-order valence-electron chi connectivity index (χ0n) is 10.4. The number of anilines is 1. The molecule has 0 atom stereocenters. The van der Waals surface area contributed by atoms with E-state index >= 15 is 0 Å². The first-order valence-electron chi connectivity index (χ1n) is 5.83. The van der Waals surface area contributed by atoms with E-state index in [0.717, 1.165) is 28.3 Å². The van der Waals surface area contributed by atoms with E-state index in [1.54, 1.807) is 11.3 Å². The van der Waals surface area contributed by atoms with Crippen molar-refractivity contribution in [3.05, 3.63) is 16.8 Å². The van der Waals surface area contributed by atoms with Crippen molar-refractivity contribution in [2.24, 2.45) is 0 Å². The number of ether oxygens (including phenoxy) is 1. The number of thiophene rings is 1. The molecule has 0 radical (unpaired) electrons. The predicted octanol–water partition coefficient (Wildman–Crippen LogP) is 2.83. The van der Waals surface area contributed by atoms with Crippen LogP contribution in [0.3, 0.4) is 0 Å². The van der Waals surface area contributed by atoms with Gasteiger partial charge in [0, 0.05) is 18.5 Å². The minimum absolute atomic E-state index is 0.473. The van der Waals surface area contributed by atoms with Gasteiger partial charge in [-0.3, -0.25) is 0 Å². The fourth-order valence-electron chi connectivity index (χ4n) is 1.64. The molecule has 0 fully saturated rings. The highest BCUT2D eigenvalue weighted by atomic mass is 32.1. The molecule has 17 heavy (non-hydrogen) atoms. The van der Waals surface area contributed by atoms with E-state index in [9.17, 15) is 0 Å². The van der Waals surface area contributed by atoms with Crippen LogP contribution < -0.4 is 5.32 Å². The lowest BCUT2D eigenvalue weighted by Gasteiger charge is -2.04. The van der Waals surface area contributed by atoms with Crippen molar-refractivity contribution in [3.63, 3.8) is 0 Å². The first-order chi connectivity index (χ1) is 8.28. The van der Waals surface area contributed by atoms with E-state index < -0.39 is 0 Å². The molecule has 2 aromatic heterocycles. The molecule has 4 nitrogen and oxygen atoms in total. The Labute approximate surface area is 105 Å². The van der Waals surface area contributed by atoms with Crippen LogP contribution in [-0.4, -0.2) is 23.6 Å². The molecule has 0 unspecified atom stereocenters. The van der Waals surface area contributed by atoms with Gasteiger partial charge in [0.25, 0.3) is 0 Å². The summed E-state index contributed by atoms with van der Waals surface area (Å²) >= 11 is 1.73. The van der Waals surface area contributed by atoms with Crippen LogP contribution in [0.5, 0.6) is 0 Å². The molecule has 0 spiro atoms. The fraction of sp³-hybridized carbons (Fsp3) is 0.500. The standard InChI is InChI=1S/C12H17N3OS/c1-4-8-6-9-11(13-3)14-10(7-16-5-2)15-12(9)17-8/h6H,4-5,7H2,1-3H3,(H,13,14,15). The summed E-state index contributed by atoms with van der Waals surface area (Å²) in [5, 5.41) is 4.23. The number of nitrogens with zero attached hydrogens (tertiary/aromatic N) is 2. The lowest BCUT2D eigenvalue weighted by Crippen LogP contribution is -2.02. The van der Waals surface area contributed by atoms with Gasteiger partial charge in [0.2, 0.25) is 0 Å². The highest BCUT2D eigenvalue weighted by Crippen LogP contribution is 2.29. The molecule has 0 aromatic carbocycles. The van der Waals surface area contributed by atoms with Crippen molar-refractivity contribution in [2.75, 3.05) is 19.0 Å². The molecule has 0 saturated carbocycles. The molecule has 5 heteroatoms.